The standard InChI is InChI=1S/C14H18N2O4/c1-10-12(3-2-11(15-10)13(17)18)16-6-4-14(5-7-16)19-8-9-20-14/h2-3H,4-9H2,1H3,(H,17,18). The number of pyridine rings is 1. The molecule has 2 saturated heterocycles. The van der Waals surface area contributed by atoms with Gasteiger partial charge in [-0.2, -0.15) is 0 Å². The Labute approximate surface area is 117 Å². The van der Waals surface area contributed by atoms with Crippen LogP contribution in [0.15, 0.2) is 12.1 Å². The van der Waals surface area contributed by atoms with Gasteiger partial charge in [-0.1, -0.05) is 0 Å². The van der Waals surface area contributed by atoms with Crippen molar-refractivity contribution in [2.24, 2.45) is 0 Å². The number of rotatable bonds is 2. The molecule has 0 aromatic carbocycles. The van der Waals surface area contributed by atoms with Gasteiger partial charge >= 0.3 is 5.97 Å². The van der Waals surface area contributed by atoms with E-state index in [9.17, 15) is 4.79 Å². The molecule has 0 aliphatic carbocycles. The Morgan fingerprint density at radius 2 is 1.95 bits per heavy atom. The van der Waals surface area contributed by atoms with Crippen molar-refractivity contribution in [3.05, 3.63) is 23.5 Å². The fraction of sp³-hybridized carbons (Fsp3) is 0.571. The number of ether oxygens (including phenoxy) is 2. The number of hydrogen-bond acceptors (Lipinski definition) is 5. The van der Waals surface area contributed by atoms with Crippen molar-refractivity contribution < 1.29 is 19.4 Å². The van der Waals surface area contributed by atoms with E-state index in [0.29, 0.717) is 13.2 Å². The molecule has 2 aliphatic rings. The molecular weight excluding hydrogens is 260 g/mol. The number of nitrogens with zero attached hydrogens (tertiary/aromatic N) is 2. The highest BCUT2D eigenvalue weighted by Gasteiger charge is 2.40. The molecule has 0 saturated carbocycles. The summed E-state index contributed by atoms with van der Waals surface area (Å²) in [5.41, 5.74) is 1.82. The van der Waals surface area contributed by atoms with E-state index in [-0.39, 0.29) is 5.69 Å². The van der Waals surface area contributed by atoms with Crippen molar-refractivity contribution in [3.8, 4) is 0 Å². The number of carbonyl (C=O) groups is 1. The van der Waals surface area contributed by atoms with Crippen LogP contribution in [0.2, 0.25) is 0 Å². The number of aryl methyl sites for hydroxylation is 1. The second-order valence-electron chi connectivity index (χ2n) is 5.20. The fourth-order valence-corrected chi connectivity index (χ4v) is 2.88. The van der Waals surface area contributed by atoms with Gasteiger partial charge in [-0.25, -0.2) is 9.78 Å². The predicted octanol–water partition coefficient (Wildman–Crippen LogP) is 1.43. The predicted molar refractivity (Wildman–Crippen MR) is 72.0 cm³/mol. The highest BCUT2D eigenvalue weighted by molar-refractivity contribution is 5.85. The molecule has 2 fully saturated rings. The third-order valence-corrected chi connectivity index (χ3v) is 3.96. The Hall–Kier alpha value is -1.66. The van der Waals surface area contributed by atoms with Gasteiger partial charge in [0.05, 0.1) is 24.6 Å². The smallest absolute Gasteiger partial charge is 0.354 e. The number of aromatic carboxylic acids is 1. The molecule has 0 unspecified atom stereocenters. The maximum atomic E-state index is 10.9. The van der Waals surface area contributed by atoms with Gasteiger partial charge < -0.3 is 19.5 Å². The largest absolute Gasteiger partial charge is 0.477 e. The van der Waals surface area contributed by atoms with Gasteiger partial charge in [0.1, 0.15) is 5.69 Å². The second kappa shape index (κ2) is 5.03. The Kier molecular flexibility index (Phi) is 3.35. The van der Waals surface area contributed by atoms with Crippen LogP contribution in [0.1, 0.15) is 29.0 Å². The zero-order chi connectivity index (χ0) is 14.2. The van der Waals surface area contributed by atoms with Gasteiger partial charge in [0.25, 0.3) is 0 Å². The average Bonchev–Trinajstić information content (AvgIpc) is 2.88. The fourth-order valence-electron chi connectivity index (χ4n) is 2.88. The van der Waals surface area contributed by atoms with E-state index in [0.717, 1.165) is 37.3 Å². The Bertz CT molecular complexity index is 516. The number of carboxylic acid groups (broad SMARTS) is 1. The third kappa shape index (κ3) is 2.36. The minimum Gasteiger partial charge on any atom is -0.477 e. The Morgan fingerprint density at radius 1 is 1.30 bits per heavy atom. The number of aromatic nitrogens is 1. The maximum Gasteiger partial charge on any atom is 0.354 e. The van der Waals surface area contributed by atoms with Crippen LogP contribution in [0.3, 0.4) is 0 Å². The lowest BCUT2D eigenvalue weighted by Gasteiger charge is -2.39. The summed E-state index contributed by atoms with van der Waals surface area (Å²) in [5, 5.41) is 8.94. The van der Waals surface area contributed by atoms with Crippen LogP contribution in [0, 0.1) is 6.92 Å². The summed E-state index contributed by atoms with van der Waals surface area (Å²) < 4.78 is 11.4. The summed E-state index contributed by atoms with van der Waals surface area (Å²) in [5.74, 6) is -1.39. The summed E-state index contributed by atoms with van der Waals surface area (Å²) in [6, 6.07) is 3.39. The van der Waals surface area contributed by atoms with E-state index in [4.69, 9.17) is 14.6 Å². The molecule has 6 nitrogen and oxygen atoms in total. The second-order valence-corrected chi connectivity index (χ2v) is 5.20. The van der Waals surface area contributed by atoms with Crippen LogP contribution in [0.4, 0.5) is 5.69 Å². The SMILES string of the molecule is Cc1nc(C(=O)O)ccc1N1CCC2(CC1)OCCO2. The monoisotopic (exact) mass is 278 g/mol. The molecule has 3 rings (SSSR count). The lowest BCUT2D eigenvalue weighted by Crippen LogP contribution is -2.45. The molecule has 1 aromatic heterocycles. The highest BCUT2D eigenvalue weighted by atomic mass is 16.7. The zero-order valence-electron chi connectivity index (χ0n) is 11.5. The van der Waals surface area contributed by atoms with E-state index in [2.05, 4.69) is 9.88 Å². The summed E-state index contributed by atoms with van der Waals surface area (Å²) >= 11 is 0. The molecule has 1 spiro atoms. The van der Waals surface area contributed by atoms with Crippen molar-refractivity contribution >= 4 is 11.7 Å². The Balaban J connectivity index is 1.73. The normalized spacial score (nSPS) is 21.4. The molecule has 0 atom stereocenters. The lowest BCUT2D eigenvalue weighted by molar-refractivity contribution is -0.169. The first-order valence-electron chi connectivity index (χ1n) is 6.83. The maximum absolute atomic E-state index is 10.9. The van der Waals surface area contributed by atoms with Gasteiger partial charge in [-0.3, -0.25) is 0 Å². The van der Waals surface area contributed by atoms with Gasteiger partial charge in [0, 0.05) is 25.9 Å². The van der Waals surface area contributed by atoms with Crippen molar-refractivity contribution in [1.82, 2.24) is 4.98 Å². The third-order valence-electron chi connectivity index (χ3n) is 3.96. The number of piperidine rings is 1. The lowest BCUT2D eigenvalue weighted by atomic mass is 10.0. The molecule has 3 heterocycles. The molecule has 6 heteroatoms. The number of anilines is 1. The minimum absolute atomic E-state index is 0.0854. The molecule has 20 heavy (non-hydrogen) atoms. The van der Waals surface area contributed by atoms with Crippen LogP contribution in [-0.4, -0.2) is 48.2 Å². The van der Waals surface area contributed by atoms with Crippen molar-refractivity contribution in [2.75, 3.05) is 31.2 Å². The molecule has 0 bridgehead atoms. The van der Waals surface area contributed by atoms with Crippen molar-refractivity contribution in [2.45, 2.75) is 25.6 Å². The molecule has 1 N–H and O–H groups in total. The molecule has 0 radical (unpaired) electrons. The van der Waals surface area contributed by atoms with E-state index in [1.165, 1.54) is 0 Å². The minimum atomic E-state index is -0.995. The molecule has 1 aromatic rings. The first-order chi connectivity index (χ1) is 9.60. The molecule has 0 amide bonds. The van der Waals surface area contributed by atoms with Gasteiger partial charge in [0.2, 0.25) is 0 Å². The summed E-state index contributed by atoms with van der Waals surface area (Å²) in [6.07, 6.45) is 1.65. The summed E-state index contributed by atoms with van der Waals surface area (Å²) in [7, 11) is 0. The Morgan fingerprint density at radius 3 is 2.50 bits per heavy atom. The van der Waals surface area contributed by atoms with Gasteiger partial charge in [0.15, 0.2) is 5.79 Å². The van der Waals surface area contributed by atoms with Gasteiger partial charge in [-0.15, -0.1) is 0 Å². The van der Waals surface area contributed by atoms with E-state index >= 15 is 0 Å². The topological polar surface area (TPSA) is 71.9 Å². The zero-order valence-corrected chi connectivity index (χ0v) is 11.5. The molecule has 108 valence electrons. The van der Waals surface area contributed by atoms with Crippen LogP contribution < -0.4 is 4.90 Å². The van der Waals surface area contributed by atoms with Crippen LogP contribution in [-0.2, 0) is 9.47 Å². The van der Waals surface area contributed by atoms with Crippen LogP contribution >= 0.6 is 0 Å². The van der Waals surface area contributed by atoms with E-state index in [1.807, 2.05) is 13.0 Å². The number of hydrogen-bond donors (Lipinski definition) is 1. The summed E-state index contributed by atoms with van der Waals surface area (Å²) in [6.45, 7) is 4.85. The molecular formula is C14H18N2O4. The average molecular weight is 278 g/mol. The highest BCUT2D eigenvalue weighted by Crippen LogP contribution is 2.33. The molecule has 2 aliphatic heterocycles. The van der Waals surface area contributed by atoms with E-state index < -0.39 is 11.8 Å². The van der Waals surface area contributed by atoms with Gasteiger partial charge in [-0.05, 0) is 19.1 Å². The quantitative estimate of drug-likeness (QED) is 0.882. The number of carboxylic acids is 1. The first kappa shape index (κ1) is 13.3. The van der Waals surface area contributed by atoms with Crippen LogP contribution in [0.5, 0.6) is 0 Å². The summed E-state index contributed by atoms with van der Waals surface area (Å²) in [4.78, 5) is 17.2. The van der Waals surface area contributed by atoms with Crippen molar-refractivity contribution in [3.63, 3.8) is 0 Å². The van der Waals surface area contributed by atoms with E-state index in [1.54, 1.807) is 6.07 Å². The van der Waals surface area contributed by atoms with Crippen molar-refractivity contribution in [1.29, 1.82) is 0 Å². The first-order valence-corrected chi connectivity index (χ1v) is 6.83. The van der Waals surface area contributed by atoms with Crippen LogP contribution in [0.25, 0.3) is 0 Å².